The average Bonchev–Trinajstić information content (AvgIpc) is 2.02. The Labute approximate surface area is 84.3 Å². The molecule has 2 N–H and O–H groups in total. The van der Waals surface area contributed by atoms with Crippen LogP contribution in [-0.4, -0.2) is 22.2 Å². The Morgan fingerprint density at radius 2 is 1.71 bits per heavy atom. The molecule has 0 aromatic carbocycles. The molecule has 4 heteroatoms. The van der Waals surface area contributed by atoms with Gasteiger partial charge in [0, 0.05) is 13.0 Å². The smallest absolute Gasteiger partial charge is 0.327 e. The van der Waals surface area contributed by atoms with E-state index in [0.29, 0.717) is 0 Å². The first-order valence-corrected chi connectivity index (χ1v) is 4.59. The van der Waals surface area contributed by atoms with Crippen molar-refractivity contribution in [3.05, 3.63) is 12.2 Å². The highest BCUT2D eigenvalue weighted by Crippen LogP contribution is 1.98. The average molecular weight is 202 g/mol. The molecular formula is C10H18O4. The van der Waals surface area contributed by atoms with Crippen LogP contribution in [0.2, 0.25) is 0 Å². The molecular weight excluding hydrogens is 184 g/mol. The molecule has 0 saturated carbocycles. The molecule has 0 fully saturated rings. The number of carbonyl (C=O) groups is 2. The molecule has 0 atom stereocenters. The van der Waals surface area contributed by atoms with E-state index in [-0.39, 0.29) is 0 Å². The van der Waals surface area contributed by atoms with Crippen LogP contribution in [0.1, 0.15) is 39.5 Å². The second-order valence-electron chi connectivity index (χ2n) is 2.76. The van der Waals surface area contributed by atoms with Gasteiger partial charge in [0.1, 0.15) is 0 Å². The summed E-state index contributed by atoms with van der Waals surface area (Å²) in [5, 5.41) is 15.6. The van der Waals surface area contributed by atoms with Crippen LogP contribution in [0.25, 0.3) is 0 Å². The lowest BCUT2D eigenvalue weighted by molar-refractivity contribution is -0.134. The Balaban J connectivity index is 0. The predicted octanol–water partition coefficient (Wildman–Crippen LogP) is 2.30. The number of hydrogen-bond donors (Lipinski definition) is 2. The Morgan fingerprint density at radius 3 is 2.07 bits per heavy atom. The van der Waals surface area contributed by atoms with Crippen LogP contribution >= 0.6 is 0 Å². The number of hydrogen-bond acceptors (Lipinski definition) is 2. The van der Waals surface area contributed by atoms with Gasteiger partial charge in [-0.1, -0.05) is 25.8 Å². The maximum atomic E-state index is 9.95. The molecule has 0 aliphatic rings. The minimum atomic E-state index is -0.850. The van der Waals surface area contributed by atoms with Gasteiger partial charge >= 0.3 is 5.97 Å². The van der Waals surface area contributed by atoms with Crippen molar-refractivity contribution in [3.8, 4) is 0 Å². The van der Waals surface area contributed by atoms with Crippen LogP contribution in [0.3, 0.4) is 0 Å². The van der Waals surface area contributed by atoms with E-state index in [9.17, 15) is 4.79 Å². The monoisotopic (exact) mass is 202 g/mol. The molecule has 4 nitrogen and oxygen atoms in total. The van der Waals surface area contributed by atoms with E-state index in [1.165, 1.54) is 18.9 Å². The largest absolute Gasteiger partial charge is 0.481 e. The van der Waals surface area contributed by atoms with Gasteiger partial charge in [0.15, 0.2) is 0 Å². The summed E-state index contributed by atoms with van der Waals surface area (Å²) < 4.78 is 0. The SMILES string of the molecule is CC(=O)O.CCCCC/C=C/C(=O)O. The van der Waals surface area contributed by atoms with E-state index < -0.39 is 11.9 Å². The molecule has 0 radical (unpaired) electrons. The Hall–Kier alpha value is -1.32. The predicted molar refractivity (Wildman–Crippen MR) is 54.2 cm³/mol. The van der Waals surface area contributed by atoms with Gasteiger partial charge in [-0.25, -0.2) is 4.79 Å². The molecule has 0 aromatic rings. The van der Waals surface area contributed by atoms with Crippen molar-refractivity contribution in [2.75, 3.05) is 0 Å². The minimum absolute atomic E-state index is 0.833. The Morgan fingerprint density at radius 1 is 1.21 bits per heavy atom. The van der Waals surface area contributed by atoms with Gasteiger partial charge in [-0.15, -0.1) is 0 Å². The van der Waals surface area contributed by atoms with Gasteiger partial charge in [0.25, 0.3) is 5.97 Å². The molecule has 14 heavy (non-hydrogen) atoms. The summed E-state index contributed by atoms with van der Waals surface area (Å²) in [6.45, 7) is 3.21. The summed E-state index contributed by atoms with van der Waals surface area (Å²) in [5.41, 5.74) is 0. The fourth-order valence-corrected chi connectivity index (χ4v) is 0.696. The van der Waals surface area contributed by atoms with E-state index in [1.54, 1.807) is 6.08 Å². The molecule has 0 aliphatic carbocycles. The topological polar surface area (TPSA) is 74.6 Å². The van der Waals surface area contributed by atoms with Crippen LogP contribution < -0.4 is 0 Å². The number of allylic oxidation sites excluding steroid dienone is 1. The lowest BCUT2D eigenvalue weighted by Crippen LogP contribution is -1.85. The maximum absolute atomic E-state index is 9.95. The first kappa shape index (κ1) is 15.2. The minimum Gasteiger partial charge on any atom is -0.481 e. The van der Waals surface area contributed by atoms with E-state index in [0.717, 1.165) is 19.8 Å². The first-order valence-electron chi connectivity index (χ1n) is 4.59. The number of carboxylic acid groups (broad SMARTS) is 2. The molecule has 0 saturated heterocycles. The van der Waals surface area contributed by atoms with Gasteiger partial charge in [0.2, 0.25) is 0 Å². The Bertz CT molecular complexity index is 181. The highest BCUT2D eigenvalue weighted by atomic mass is 16.4. The van der Waals surface area contributed by atoms with Gasteiger partial charge in [0.05, 0.1) is 0 Å². The van der Waals surface area contributed by atoms with Crippen molar-refractivity contribution in [1.29, 1.82) is 0 Å². The van der Waals surface area contributed by atoms with E-state index in [4.69, 9.17) is 15.0 Å². The summed E-state index contributed by atoms with van der Waals surface area (Å²) in [6.07, 6.45) is 7.26. The van der Waals surface area contributed by atoms with Gasteiger partial charge in [-0.2, -0.15) is 0 Å². The molecule has 0 amide bonds. The van der Waals surface area contributed by atoms with Crippen molar-refractivity contribution in [1.82, 2.24) is 0 Å². The molecule has 0 bridgehead atoms. The number of aliphatic carboxylic acids is 2. The highest BCUT2D eigenvalue weighted by molar-refractivity contribution is 5.79. The summed E-state index contributed by atoms with van der Waals surface area (Å²) in [6, 6.07) is 0. The molecule has 82 valence electrons. The fraction of sp³-hybridized carbons (Fsp3) is 0.600. The zero-order valence-electron chi connectivity index (χ0n) is 8.69. The van der Waals surface area contributed by atoms with Crippen molar-refractivity contribution < 1.29 is 19.8 Å². The molecule has 0 aliphatic heterocycles. The zero-order chi connectivity index (χ0) is 11.4. The third-order valence-electron chi connectivity index (χ3n) is 1.23. The summed E-state index contributed by atoms with van der Waals surface area (Å²) in [4.78, 5) is 18.9. The summed E-state index contributed by atoms with van der Waals surface area (Å²) >= 11 is 0. The molecule has 0 unspecified atom stereocenters. The molecule has 0 spiro atoms. The maximum Gasteiger partial charge on any atom is 0.327 e. The third-order valence-corrected chi connectivity index (χ3v) is 1.23. The number of unbranched alkanes of at least 4 members (excludes halogenated alkanes) is 3. The number of rotatable bonds is 5. The van der Waals surface area contributed by atoms with Crippen molar-refractivity contribution >= 4 is 11.9 Å². The van der Waals surface area contributed by atoms with E-state index in [2.05, 4.69) is 6.92 Å². The highest BCUT2D eigenvalue weighted by Gasteiger charge is 1.84. The lowest BCUT2D eigenvalue weighted by Gasteiger charge is -1.89. The summed E-state index contributed by atoms with van der Waals surface area (Å²) in [7, 11) is 0. The van der Waals surface area contributed by atoms with Crippen LogP contribution in [0, 0.1) is 0 Å². The quantitative estimate of drug-likeness (QED) is 0.530. The summed E-state index contributed by atoms with van der Waals surface area (Å²) in [5.74, 6) is -1.68. The van der Waals surface area contributed by atoms with Crippen LogP contribution in [0.5, 0.6) is 0 Å². The van der Waals surface area contributed by atoms with Crippen molar-refractivity contribution in [2.24, 2.45) is 0 Å². The normalized spacial score (nSPS) is 9.29. The van der Waals surface area contributed by atoms with Gasteiger partial charge in [-0.05, 0) is 12.8 Å². The van der Waals surface area contributed by atoms with E-state index in [1.807, 2.05) is 0 Å². The van der Waals surface area contributed by atoms with Gasteiger partial charge < -0.3 is 10.2 Å². The Kier molecular flexibility index (Phi) is 12.7. The van der Waals surface area contributed by atoms with Crippen LogP contribution in [0.4, 0.5) is 0 Å². The third kappa shape index (κ3) is 31.0. The number of carboxylic acids is 2. The van der Waals surface area contributed by atoms with Crippen molar-refractivity contribution in [3.63, 3.8) is 0 Å². The zero-order valence-corrected chi connectivity index (χ0v) is 8.69. The van der Waals surface area contributed by atoms with Crippen molar-refractivity contribution in [2.45, 2.75) is 39.5 Å². The second-order valence-corrected chi connectivity index (χ2v) is 2.76. The standard InChI is InChI=1S/C8H14O2.C2H4O2/c1-2-3-4-5-6-7-8(9)10;1-2(3)4/h6-7H,2-5H2,1H3,(H,9,10);1H3,(H,3,4)/b7-6+;. The molecule has 0 heterocycles. The molecule has 0 rings (SSSR count). The first-order chi connectivity index (χ1) is 6.50. The van der Waals surface area contributed by atoms with E-state index >= 15 is 0 Å². The van der Waals surface area contributed by atoms with Crippen LogP contribution in [-0.2, 0) is 9.59 Å². The lowest BCUT2D eigenvalue weighted by atomic mass is 10.2. The molecule has 0 aromatic heterocycles. The second kappa shape index (κ2) is 11.7. The van der Waals surface area contributed by atoms with Gasteiger partial charge in [-0.3, -0.25) is 4.79 Å². The van der Waals surface area contributed by atoms with Crippen LogP contribution in [0.15, 0.2) is 12.2 Å². The fourth-order valence-electron chi connectivity index (χ4n) is 0.696.